The number of nitrogens with zero attached hydrogens (tertiary/aromatic N) is 1. The Morgan fingerprint density at radius 2 is 1.77 bits per heavy atom. The maximum Gasteiger partial charge on any atom is 0.337 e. The summed E-state index contributed by atoms with van der Waals surface area (Å²) in [5, 5.41) is 19.8. The Hall–Kier alpha value is -5.03. The molecule has 0 saturated heterocycles. The summed E-state index contributed by atoms with van der Waals surface area (Å²) >= 11 is 0. The maximum absolute atomic E-state index is 12.4. The molecule has 0 fully saturated rings. The van der Waals surface area contributed by atoms with Gasteiger partial charge in [0.15, 0.2) is 17.7 Å². The molecule has 3 aromatic rings. The molecule has 226 valence electrons. The third-order valence-corrected chi connectivity index (χ3v) is 6.52. The number of hydrogen-bond donors (Lipinski definition) is 4. The summed E-state index contributed by atoms with van der Waals surface area (Å²) in [5.41, 5.74) is 7.02. The molecule has 1 aliphatic rings. The van der Waals surface area contributed by atoms with E-state index in [2.05, 4.69) is 33.3 Å². The van der Waals surface area contributed by atoms with Gasteiger partial charge in [0.05, 0.1) is 31.5 Å². The molecular formula is C32H36N4O7. The Morgan fingerprint density at radius 1 is 1.02 bits per heavy atom. The van der Waals surface area contributed by atoms with Crippen molar-refractivity contribution in [3.63, 3.8) is 0 Å². The third kappa shape index (κ3) is 8.49. The molecule has 3 aromatic carbocycles. The van der Waals surface area contributed by atoms with Gasteiger partial charge in [0.1, 0.15) is 19.0 Å². The minimum Gasteiger partial charge on any atom is -0.490 e. The number of urea groups is 1. The molecule has 11 heteroatoms. The summed E-state index contributed by atoms with van der Waals surface area (Å²) < 4.78 is 22.3. The number of methoxy groups -OCH3 is 1. The lowest BCUT2D eigenvalue weighted by atomic mass is 9.95. The quantitative estimate of drug-likeness (QED) is 0.101. The van der Waals surface area contributed by atoms with Gasteiger partial charge in [-0.3, -0.25) is 5.43 Å². The molecule has 11 nitrogen and oxygen atoms in total. The summed E-state index contributed by atoms with van der Waals surface area (Å²) in [6.45, 7) is 6.20. The second-order valence-corrected chi connectivity index (χ2v) is 9.76. The van der Waals surface area contributed by atoms with Gasteiger partial charge in [-0.1, -0.05) is 35.9 Å². The maximum atomic E-state index is 12.4. The van der Waals surface area contributed by atoms with Crippen LogP contribution in [0.4, 0.5) is 4.79 Å². The first-order valence-corrected chi connectivity index (χ1v) is 13.8. The van der Waals surface area contributed by atoms with Crippen molar-refractivity contribution in [3.8, 4) is 17.2 Å². The molecule has 2 amide bonds. The average molecular weight is 589 g/mol. The van der Waals surface area contributed by atoms with E-state index in [1.165, 1.54) is 12.7 Å². The molecule has 0 radical (unpaired) electrons. The number of aryl methyl sites for hydroxylation is 1. The summed E-state index contributed by atoms with van der Waals surface area (Å²) in [5.74, 6) is 0.933. The van der Waals surface area contributed by atoms with E-state index in [0.717, 1.165) is 16.9 Å². The summed E-state index contributed by atoms with van der Waals surface area (Å²) in [4.78, 5) is 24.5. The van der Waals surface area contributed by atoms with E-state index < -0.39 is 24.3 Å². The van der Waals surface area contributed by atoms with Crippen LogP contribution < -0.4 is 30.3 Å². The van der Waals surface area contributed by atoms with Crippen LogP contribution in [0.15, 0.2) is 83.1 Å². The first kappa shape index (κ1) is 30.9. The van der Waals surface area contributed by atoms with Crippen LogP contribution >= 0.6 is 0 Å². The Labute approximate surface area is 250 Å². The largest absolute Gasteiger partial charge is 0.490 e. The van der Waals surface area contributed by atoms with E-state index in [1.807, 2.05) is 50.2 Å². The summed E-state index contributed by atoms with van der Waals surface area (Å²) in [7, 11) is 1.28. The van der Waals surface area contributed by atoms with Crippen molar-refractivity contribution in [2.75, 3.05) is 20.3 Å². The lowest BCUT2D eigenvalue weighted by Crippen LogP contribution is -2.45. The van der Waals surface area contributed by atoms with Crippen LogP contribution in [0.2, 0.25) is 0 Å². The van der Waals surface area contributed by atoms with Gasteiger partial charge in [0, 0.05) is 5.70 Å². The standard InChI is InChI=1S/C32H36N4O7/c1-5-41-27-16-24(30-29(31(38)40-4)21(3)34-32(39)35-30)12-15-26(27)43-19-28(37)36-33-17-22-10-13-25(14-11-22)42-18-23-8-6-20(2)7-9-23/h6-17,28,30,36-37H,5,18-19H2,1-4H3,(H2,34,35,39)/b33-17-/t28-,30+/m0/s1. The molecule has 0 bridgehead atoms. The monoisotopic (exact) mass is 588 g/mol. The molecule has 43 heavy (non-hydrogen) atoms. The fourth-order valence-corrected chi connectivity index (χ4v) is 4.32. The van der Waals surface area contributed by atoms with Crippen molar-refractivity contribution < 1.29 is 33.6 Å². The number of allylic oxidation sites excluding steroid dienone is 1. The van der Waals surface area contributed by atoms with Crippen molar-refractivity contribution >= 4 is 18.2 Å². The van der Waals surface area contributed by atoms with E-state index in [4.69, 9.17) is 18.9 Å². The average Bonchev–Trinajstić information content (AvgIpc) is 3.00. The van der Waals surface area contributed by atoms with Gasteiger partial charge in [-0.2, -0.15) is 5.10 Å². The number of aliphatic hydroxyl groups excluding tert-OH is 1. The SMILES string of the molecule is CCOc1cc([C@H]2NC(=O)NC(C)=C2C(=O)OC)ccc1OC[C@H](O)N/N=C\c1ccc(OCc2ccc(C)cc2)cc1. The third-order valence-electron chi connectivity index (χ3n) is 6.52. The van der Waals surface area contributed by atoms with E-state index in [1.54, 1.807) is 31.3 Å². The Balaban J connectivity index is 1.32. The van der Waals surface area contributed by atoms with Gasteiger partial charge in [0.25, 0.3) is 0 Å². The number of carbonyl (C=O) groups excluding carboxylic acids is 2. The highest BCUT2D eigenvalue weighted by Crippen LogP contribution is 2.35. The van der Waals surface area contributed by atoms with Gasteiger partial charge >= 0.3 is 12.0 Å². The highest BCUT2D eigenvalue weighted by molar-refractivity contribution is 5.95. The Bertz CT molecular complexity index is 1470. The minimum atomic E-state index is -1.11. The number of ether oxygens (including phenoxy) is 4. The first-order chi connectivity index (χ1) is 20.8. The molecule has 0 aromatic heterocycles. The number of carbonyl (C=O) groups is 2. The lowest BCUT2D eigenvalue weighted by molar-refractivity contribution is -0.136. The number of esters is 1. The van der Waals surface area contributed by atoms with E-state index >= 15 is 0 Å². The molecule has 4 N–H and O–H groups in total. The Kier molecular flexibility index (Phi) is 10.6. The van der Waals surface area contributed by atoms with Crippen LogP contribution in [0, 0.1) is 6.92 Å². The van der Waals surface area contributed by atoms with Gasteiger partial charge in [-0.05, 0) is 73.9 Å². The molecule has 2 atom stereocenters. The zero-order valence-electron chi connectivity index (χ0n) is 24.5. The fraction of sp³-hybridized carbons (Fsp3) is 0.281. The number of rotatable bonds is 13. The number of hydrazone groups is 1. The van der Waals surface area contributed by atoms with Gasteiger partial charge in [-0.25, -0.2) is 9.59 Å². The van der Waals surface area contributed by atoms with Gasteiger partial charge in [0.2, 0.25) is 0 Å². The topological polar surface area (TPSA) is 140 Å². The molecule has 0 unspecified atom stereocenters. The molecule has 4 rings (SSSR count). The fourth-order valence-electron chi connectivity index (χ4n) is 4.32. The highest BCUT2D eigenvalue weighted by Gasteiger charge is 2.32. The number of benzene rings is 3. The normalized spacial score (nSPS) is 15.4. The van der Waals surface area contributed by atoms with Crippen molar-refractivity contribution in [3.05, 3.63) is 100 Å². The number of hydrogen-bond acceptors (Lipinski definition) is 9. The van der Waals surface area contributed by atoms with Crippen molar-refractivity contribution in [1.29, 1.82) is 0 Å². The minimum absolute atomic E-state index is 0.126. The van der Waals surface area contributed by atoms with Crippen LogP contribution in [0.25, 0.3) is 0 Å². The Morgan fingerprint density at radius 3 is 2.47 bits per heavy atom. The molecule has 1 aliphatic heterocycles. The number of nitrogens with one attached hydrogen (secondary N) is 3. The van der Waals surface area contributed by atoms with E-state index in [9.17, 15) is 14.7 Å². The molecular weight excluding hydrogens is 552 g/mol. The van der Waals surface area contributed by atoms with Crippen molar-refractivity contribution in [1.82, 2.24) is 16.1 Å². The summed E-state index contributed by atoms with van der Waals surface area (Å²) in [6.07, 6.45) is 0.470. The second kappa shape index (κ2) is 14.7. The van der Waals surface area contributed by atoms with E-state index in [0.29, 0.717) is 36.0 Å². The second-order valence-electron chi connectivity index (χ2n) is 9.76. The van der Waals surface area contributed by atoms with Crippen LogP contribution in [-0.4, -0.2) is 49.9 Å². The lowest BCUT2D eigenvalue weighted by Gasteiger charge is -2.28. The van der Waals surface area contributed by atoms with E-state index in [-0.39, 0.29) is 12.2 Å². The molecule has 0 saturated carbocycles. The molecule has 1 heterocycles. The van der Waals surface area contributed by atoms with Crippen LogP contribution in [-0.2, 0) is 16.1 Å². The van der Waals surface area contributed by atoms with Crippen LogP contribution in [0.5, 0.6) is 17.2 Å². The number of aliphatic hydroxyl groups is 1. The van der Waals surface area contributed by atoms with Crippen molar-refractivity contribution in [2.24, 2.45) is 5.10 Å². The first-order valence-electron chi connectivity index (χ1n) is 13.8. The molecule has 0 aliphatic carbocycles. The van der Waals surface area contributed by atoms with Crippen LogP contribution in [0.1, 0.15) is 42.1 Å². The predicted molar refractivity (Wildman–Crippen MR) is 161 cm³/mol. The zero-order valence-corrected chi connectivity index (χ0v) is 24.5. The highest BCUT2D eigenvalue weighted by atomic mass is 16.5. The van der Waals surface area contributed by atoms with Gasteiger partial charge in [-0.15, -0.1) is 0 Å². The van der Waals surface area contributed by atoms with Crippen molar-refractivity contribution in [2.45, 2.75) is 39.6 Å². The zero-order chi connectivity index (χ0) is 30.8. The summed E-state index contributed by atoms with van der Waals surface area (Å²) in [6, 6.07) is 19.5. The smallest absolute Gasteiger partial charge is 0.337 e. The number of amides is 2. The van der Waals surface area contributed by atoms with Crippen LogP contribution in [0.3, 0.4) is 0 Å². The molecule has 0 spiro atoms. The predicted octanol–water partition coefficient (Wildman–Crippen LogP) is 4.09. The van der Waals surface area contributed by atoms with Gasteiger partial charge < -0.3 is 34.7 Å².